The molecule has 0 saturated heterocycles. The second-order valence-corrected chi connectivity index (χ2v) is 6.56. The van der Waals surface area contributed by atoms with Crippen LogP contribution < -0.4 is 15.5 Å². The maximum Gasteiger partial charge on any atom is 0.320 e. The first-order valence-electron chi connectivity index (χ1n) is 9.02. The van der Waals surface area contributed by atoms with E-state index >= 15 is 0 Å². The molecule has 0 saturated carbocycles. The molecule has 0 radical (unpaired) electrons. The van der Waals surface area contributed by atoms with Crippen molar-refractivity contribution in [3.8, 4) is 0 Å². The Morgan fingerprint density at radius 2 is 1.59 bits per heavy atom. The number of amides is 2. The third-order valence-corrected chi connectivity index (χ3v) is 3.97. The third-order valence-electron chi connectivity index (χ3n) is 3.97. The lowest BCUT2D eigenvalue weighted by Gasteiger charge is -2.25. The molecule has 0 aliphatic carbocycles. The quantitative estimate of drug-likeness (QED) is 0.654. The highest BCUT2D eigenvalue weighted by molar-refractivity contribution is 5.88. The molecular formula is C22H24N4O. The summed E-state index contributed by atoms with van der Waals surface area (Å²) in [7, 11) is 0. The largest absolute Gasteiger partial charge is 0.336 e. The molecule has 5 heteroatoms. The Hall–Kier alpha value is -3.34. The van der Waals surface area contributed by atoms with Gasteiger partial charge in [0.2, 0.25) is 0 Å². The van der Waals surface area contributed by atoms with Crippen LogP contribution in [0.3, 0.4) is 0 Å². The average molecular weight is 360 g/mol. The van der Waals surface area contributed by atoms with E-state index in [2.05, 4.69) is 44.8 Å². The number of aromatic nitrogens is 1. The summed E-state index contributed by atoms with van der Waals surface area (Å²) < 4.78 is 0. The van der Waals surface area contributed by atoms with Crippen LogP contribution in [0.25, 0.3) is 0 Å². The molecule has 0 unspecified atom stereocenters. The fourth-order valence-corrected chi connectivity index (χ4v) is 2.74. The van der Waals surface area contributed by atoms with Crippen molar-refractivity contribution in [2.45, 2.75) is 26.4 Å². The molecular weight excluding hydrogens is 336 g/mol. The van der Waals surface area contributed by atoms with Gasteiger partial charge in [0.1, 0.15) is 5.82 Å². The lowest BCUT2D eigenvalue weighted by molar-refractivity contribution is 0.250. The smallest absolute Gasteiger partial charge is 0.320 e. The Labute approximate surface area is 160 Å². The fraction of sp³-hybridized carbons (Fsp3) is 0.182. The van der Waals surface area contributed by atoms with E-state index < -0.39 is 0 Å². The van der Waals surface area contributed by atoms with Crippen molar-refractivity contribution >= 4 is 23.2 Å². The van der Waals surface area contributed by atoms with E-state index in [0.29, 0.717) is 5.82 Å². The molecule has 0 spiro atoms. The first-order valence-corrected chi connectivity index (χ1v) is 9.02. The van der Waals surface area contributed by atoms with Gasteiger partial charge in [-0.15, -0.1) is 0 Å². The van der Waals surface area contributed by atoms with Crippen molar-refractivity contribution in [1.29, 1.82) is 0 Å². The van der Waals surface area contributed by atoms with E-state index in [4.69, 9.17) is 0 Å². The normalized spacial score (nSPS) is 10.5. The standard InChI is InChI=1S/C22H24N4O/c1-17(2)24-22(27)25-21-14-13-20(15-23-21)26(19-11-7-4-8-12-19)16-18-9-5-3-6-10-18/h3-15,17H,16H2,1-2H3,(H2,23,24,25,27). The SMILES string of the molecule is CC(C)NC(=O)Nc1ccc(N(Cc2ccccc2)c2ccccc2)cn1. The van der Waals surface area contributed by atoms with E-state index in [1.165, 1.54) is 5.56 Å². The number of hydrogen-bond donors (Lipinski definition) is 2. The molecule has 3 aromatic rings. The molecule has 1 aromatic heterocycles. The van der Waals surface area contributed by atoms with Gasteiger partial charge in [0, 0.05) is 18.3 Å². The van der Waals surface area contributed by atoms with Gasteiger partial charge in [-0.25, -0.2) is 9.78 Å². The van der Waals surface area contributed by atoms with Crippen LogP contribution >= 0.6 is 0 Å². The first-order chi connectivity index (χ1) is 13.1. The van der Waals surface area contributed by atoms with Gasteiger partial charge < -0.3 is 10.2 Å². The minimum atomic E-state index is -0.255. The van der Waals surface area contributed by atoms with E-state index in [-0.39, 0.29) is 12.1 Å². The lowest BCUT2D eigenvalue weighted by Crippen LogP contribution is -2.34. The number of pyridine rings is 1. The molecule has 0 aliphatic heterocycles. The van der Waals surface area contributed by atoms with Gasteiger partial charge in [-0.2, -0.15) is 0 Å². The molecule has 3 rings (SSSR count). The van der Waals surface area contributed by atoms with E-state index in [9.17, 15) is 4.79 Å². The molecule has 0 atom stereocenters. The maximum atomic E-state index is 11.8. The van der Waals surface area contributed by atoms with Gasteiger partial charge in [0.15, 0.2) is 0 Å². The summed E-state index contributed by atoms with van der Waals surface area (Å²) in [5, 5.41) is 5.54. The van der Waals surface area contributed by atoms with Crippen LogP contribution in [0.1, 0.15) is 19.4 Å². The summed E-state index contributed by atoms with van der Waals surface area (Å²) in [6, 6.07) is 24.1. The highest BCUT2D eigenvalue weighted by Crippen LogP contribution is 2.27. The van der Waals surface area contributed by atoms with Gasteiger partial charge in [-0.3, -0.25) is 5.32 Å². The minimum Gasteiger partial charge on any atom is -0.336 e. The zero-order valence-corrected chi connectivity index (χ0v) is 15.6. The molecule has 0 bridgehead atoms. The van der Waals surface area contributed by atoms with Crippen molar-refractivity contribution in [3.63, 3.8) is 0 Å². The predicted octanol–water partition coefficient (Wildman–Crippen LogP) is 4.95. The molecule has 2 N–H and O–H groups in total. The number of nitrogens with zero attached hydrogens (tertiary/aromatic N) is 2. The minimum absolute atomic E-state index is 0.0729. The van der Waals surface area contributed by atoms with Gasteiger partial charge in [0.25, 0.3) is 0 Å². The number of urea groups is 1. The Bertz CT molecular complexity index is 849. The van der Waals surface area contributed by atoms with Gasteiger partial charge in [-0.05, 0) is 43.7 Å². The van der Waals surface area contributed by atoms with Crippen LogP contribution in [0.4, 0.5) is 22.0 Å². The number of para-hydroxylation sites is 1. The third kappa shape index (κ3) is 5.31. The zero-order chi connectivity index (χ0) is 19.1. The predicted molar refractivity (Wildman–Crippen MR) is 110 cm³/mol. The van der Waals surface area contributed by atoms with Crippen molar-refractivity contribution in [3.05, 3.63) is 84.6 Å². The van der Waals surface area contributed by atoms with Crippen LogP contribution in [-0.4, -0.2) is 17.1 Å². The summed E-state index contributed by atoms with van der Waals surface area (Å²) in [6.45, 7) is 4.56. The Morgan fingerprint density at radius 1 is 0.926 bits per heavy atom. The van der Waals surface area contributed by atoms with E-state index in [1.807, 2.05) is 62.4 Å². The molecule has 2 aromatic carbocycles. The Kier molecular flexibility index (Phi) is 6.05. The molecule has 0 fully saturated rings. The van der Waals surface area contributed by atoms with Crippen LogP contribution in [0, 0.1) is 0 Å². The highest BCUT2D eigenvalue weighted by atomic mass is 16.2. The zero-order valence-electron chi connectivity index (χ0n) is 15.6. The first kappa shape index (κ1) is 18.5. The molecule has 27 heavy (non-hydrogen) atoms. The van der Waals surface area contributed by atoms with Gasteiger partial charge >= 0.3 is 6.03 Å². The summed E-state index contributed by atoms with van der Waals surface area (Å²) in [5.74, 6) is 0.518. The molecule has 1 heterocycles. The Balaban J connectivity index is 1.81. The van der Waals surface area contributed by atoms with Crippen LogP contribution in [0.2, 0.25) is 0 Å². The van der Waals surface area contributed by atoms with Crippen LogP contribution in [0.15, 0.2) is 79.0 Å². The van der Waals surface area contributed by atoms with Gasteiger partial charge in [-0.1, -0.05) is 48.5 Å². The number of hydrogen-bond acceptors (Lipinski definition) is 3. The van der Waals surface area contributed by atoms with Crippen molar-refractivity contribution in [2.75, 3.05) is 10.2 Å². The number of anilines is 3. The van der Waals surface area contributed by atoms with Crippen LogP contribution in [0.5, 0.6) is 0 Å². The molecule has 0 aliphatic rings. The number of nitrogens with one attached hydrogen (secondary N) is 2. The maximum absolute atomic E-state index is 11.8. The van der Waals surface area contributed by atoms with Crippen molar-refractivity contribution in [1.82, 2.24) is 10.3 Å². The van der Waals surface area contributed by atoms with Crippen molar-refractivity contribution in [2.24, 2.45) is 0 Å². The Morgan fingerprint density at radius 3 is 2.19 bits per heavy atom. The van der Waals surface area contributed by atoms with E-state index in [1.54, 1.807) is 6.20 Å². The van der Waals surface area contributed by atoms with Crippen molar-refractivity contribution < 1.29 is 4.79 Å². The summed E-state index contributed by atoms with van der Waals surface area (Å²) in [6.07, 6.45) is 1.78. The number of rotatable bonds is 6. The van der Waals surface area contributed by atoms with E-state index in [0.717, 1.165) is 17.9 Å². The summed E-state index contributed by atoms with van der Waals surface area (Å²) in [4.78, 5) is 18.4. The molecule has 138 valence electrons. The lowest BCUT2D eigenvalue weighted by atomic mass is 10.2. The molecule has 5 nitrogen and oxygen atoms in total. The second kappa shape index (κ2) is 8.85. The topological polar surface area (TPSA) is 57.3 Å². The number of benzene rings is 2. The van der Waals surface area contributed by atoms with Crippen LogP contribution in [-0.2, 0) is 6.54 Å². The fourth-order valence-electron chi connectivity index (χ4n) is 2.74. The second-order valence-electron chi connectivity index (χ2n) is 6.56. The van der Waals surface area contributed by atoms with Gasteiger partial charge in [0.05, 0.1) is 11.9 Å². The monoisotopic (exact) mass is 360 g/mol. The summed E-state index contributed by atoms with van der Waals surface area (Å²) in [5.41, 5.74) is 3.25. The average Bonchev–Trinajstić information content (AvgIpc) is 2.68. The molecule has 2 amide bonds. The number of carbonyl (C=O) groups is 1. The highest BCUT2D eigenvalue weighted by Gasteiger charge is 2.11. The summed E-state index contributed by atoms with van der Waals surface area (Å²) >= 11 is 0. The number of carbonyl (C=O) groups excluding carboxylic acids is 1.